The molecule has 1 heterocycles. The molecule has 3 aromatic rings. The van der Waals surface area contributed by atoms with Gasteiger partial charge < -0.3 is 37.0 Å². The van der Waals surface area contributed by atoms with E-state index >= 15 is 0 Å². The molecule has 1 atom stereocenters. The van der Waals surface area contributed by atoms with Crippen molar-refractivity contribution in [3.05, 3.63) is 70.3 Å². The van der Waals surface area contributed by atoms with Crippen molar-refractivity contribution in [1.29, 1.82) is 0 Å². The molecule has 3 rings (SSSR count). The number of rotatable bonds is 10. The number of guanidine groups is 1. The molecule has 0 saturated heterocycles. The minimum atomic E-state index is -0.974. The second kappa shape index (κ2) is 16.9. The van der Waals surface area contributed by atoms with Gasteiger partial charge in [-0.15, -0.1) is 5.10 Å². The topological polar surface area (TPSA) is 218 Å². The van der Waals surface area contributed by atoms with Gasteiger partial charge in [0.25, 0.3) is 12.0 Å². The average Bonchev–Trinajstić information content (AvgIpc) is 2.91. The average molecular weight is 531 g/mol. The molecule has 0 saturated carbocycles. The SMILES string of the molecule is CCOC(Cc1ccc(OCCn2c(CC)nc3ccccc3c2=O)cc1)C(=O)O.NN=C(N)N.O=CO. The molecule has 0 aliphatic carbocycles. The predicted molar refractivity (Wildman–Crippen MR) is 143 cm³/mol. The van der Waals surface area contributed by atoms with E-state index in [4.69, 9.17) is 30.8 Å². The summed E-state index contributed by atoms with van der Waals surface area (Å²) in [5.74, 6) is 4.83. The van der Waals surface area contributed by atoms with E-state index < -0.39 is 12.1 Å². The number of hydrogen-bond acceptors (Lipinski definition) is 8. The van der Waals surface area contributed by atoms with Crippen molar-refractivity contribution in [2.45, 2.75) is 39.3 Å². The van der Waals surface area contributed by atoms with Crippen LogP contribution in [0.25, 0.3) is 10.9 Å². The van der Waals surface area contributed by atoms with Crippen molar-refractivity contribution in [1.82, 2.24) is 9.55 Å². The Bertz CT molecular complexity index is 1240. The van der Waals surface area contributed by atoms with Gasteiger partial charge >= 0.3 is 5.97 Å². The summed E-state index contributed by atoms with van der Waals surface area (Å²) in [5, 5.41) is 19.5. The molecule has 0 aliphatic rings. The number of aliphatic carboxylic acids is 1. The number of hydrogen-bond donors (Lipinski definition) is 5. The van der Waals surface area contributed by atoms with Crippen LogP contribution in [0.2, 0.25) is 0 Å². The Morgan fingerprint density at radius 2 is 1.76 bits per heavy atom. The van der Waals surface area contributed by atoms with Crippen LogP contribution in [-0.2, 0) is 33.7 Å². The van der Waals surface area contributed by atoms with Crippen LogP contribution in [0, 0.1) is 0 Å². The number of nitrogens with zero attached hydrogens (tertiary/aromatic N) is 3. The van der Waals surface area contributed by atoms with Crippen LogP contribution in [0.5, 0.6) is 5.75 Å². The van der Waals surface area contributed by atoms with Crippen LogP contribution in [-0.4, -0.2) is 57.5 Å². The first-order valence-electron chi connectivity index (χ1n) is 11.6. The summed E-state index contributed by atoms with van der Waals surface area (Å²) in [5.41, 5.74) is 10.9. The van der Waals surface area contributed by atoms with Gasteiger partial charge in [-0.3, -0.25) is 14.2 Å². The maximum Gasteiger partial charge on any atom is 0.333 e. The number of carboxylic acids is 1. The zero-order valence-electron chi connectivity index (χ0n) is 21.3. The first kappa shape index (κ1) is 31.4. The fourth-order valence-corrected chi connectivity index (χ4v) is 3.32. The van der Waals surface area contributed by atoms with Crippen molar-refractivity contribution < 1.29 is 29.3 Å². The van der Waals surface area contributed by atoms with Crippen molar-refractivity contribution >= 4 is 29.3 Å². The molecule has 2 aromatic carbocycles. The molecule has 38 heavy (non-hydrogen) atoms. The molecule has 13 nitrogen and oxygen atoms in total. The van der Waals surface area contributed by atoms with Gasteiger partial charge in [0.2, 0.25) is 5.96 Å². The molecule has 0 bridgehead atoms. The van der Waals surface area contributed by atoms with Crippen LogP contribution in [0.15, 0.2) is 58.4 Å². The summed E-state index contributed by atoms with van der Waals surface area (Å²) >= 11 is 0. The van der Waals surface area contributed by atoms with E-state index in [0.717, 1.165) is 11.4 Å². The summed E-state index contributed by atoms with van der Waals surface area (Å²) < 4.78 is 12.7. The number of nitrogens with two attached hydrogens (primary N) is 3. The Kier molecular flexibility index (Phi) is 14.0. The Morgan fingerprint density at radius 3 is 2.29 bits per heavy atom. The zero-order chi connectivity index (χ0) is 28.5. The van der Waals surface area contributed by atoms with Crippen molar-refractivity contribution in [3.8, 4) is 5.75 Å². The van der Waals surface area contributed by atoms with Gasteiger partial charge in [0.1, 0.15) is 18.2 Å². The quantitative estimate of drug-likeness (QED) is 0.0815. The second-order valence-electron chi connectivity index (χ2n) is 7.49. The molecular weight excluding hydrogens is 496 g/mol. The van der Waals surface area contributed by atoms with Gasteiger partial charge in [-0.05, 0) is 36.8 Å². The number of carboxylic acid groups (broad SMARTS) is 2. The van der Waals surface area contributed by atoms with Crippen molar-refractivity contribution in [2.75, 3.05) is 13.2 Å². The summed E-state index contributed by atoms with van der Waals surface area (Å²) in [7, 11) is 0. The van der Waals surface area contributed by atoms with Crippen molar-refractivity contribution in [2.24, 2.45) is 22.4 Å². The third kappa shape index (κ3) is 10.1. The van der Waals surface area contributed by atoms with Crippen LogP contribution >= 0.6 is 0 Å². The van der Waals surface area contributed by atoms with E-state index in [1.165, 1.54) is 0 Å². The van der Waals surface area contributed by atoms with Gasteiger partial charge in [-0.1, -0.05) is 31.2 Å². The largest absolute Gasteiger partial charge is 0.492 e. The summed E-state index contributed by atoms with van der Waals surface area (Å²) in [6.07, 6.45) is 0.0855. The first-order chi connectivity index (χ1) is 18.2. The van der Waals surface area contributed by atoms with Crippen LogP contribution in [0.1, 0.15) is 25.2 Å². The molecule has 1 unspecified atom stereocenters. The van der Waals surface area contributed by atoms with E-state index in [9.17, 15) is 14.7 Å². The molecule has 0 aliphatic heterocycles. The van der Waals surface area contributed by atoms with Gasteiger partial charge in [-0.2, -0.15) is 0 Å². The molecule has 8 N–H and O–H groups in total. The number of para-hydroxylation sites is 1. The molecule has 0 fully saturated rings. The molecule has 1 aromatic heterocycles. The molecule has 0 spiro atoms. The second-order valence-corrected chi connectivity index (χ2v) is 7.49. The lowest BCUT2D eigenvalue weighted by molar-refractivity contribution is -0.150. The Hall–Kier alpha value is -4.65. The van der Waals surface area contributed by atoms with E-state index in [1.54, 1.807) is 29.7 Å². The smallest absolute Gasteiger partial charge is 0.333 e. The lowest BCUT2D eigenvalue weighted by Gasteiger charge is -2.14. The first-order valence-corrected chi connectivity index (χ1v) is 11.6. The predicted octanol–water partition coefficient (Wildman–Crippen LogP) is 0.904. The minimum absolute atomic E-state index is 0.0629. The maximum atomic E-state index is 12.8. The fraction of sp³-hybridized carbons (Fsp3) is 0.320. The van der Waals surface area contributed by atoms with Crippen LogP contribution < -0.4 is 27.6 Å². The number of aryl methyl sites for hydroxylation is 1. The monoisotopic (exact) mass is 530 g/mol. The Morgan fingerprint density at radius 1 is 1.16 bits per heavy atom. The van der Waals surface area contributed by atoms with Gasteiger partial charge in [-0.25, -0.2) is 9.78 Å². The molecule has 0 amide bonds. The van der Waals surface area contributed by atoms with Crippen LogP contribution in [0.4, 0.5) is 0 Å². The number of fused-ring (bicyclic) bond motifs is 1. The molecular formula is C25H34N6O7. The highest BCUT2D eigenvalue weighted by Gasteiger charge is 2.17. The molecule has 13 heteroatoms. The number of carbonyl (C=O) groups is 2. The Balaban J connectivity index is 0.000000794. The minimum Gasteiger partial charge on any atom is -0.492 e. The summed E-state index contributed by atoms with van der Waals surface area (Å²) in [6.45, 7) is 4.56. The summed E-state index contributed by atoms with van der Waals surface area (Å²) in [6, 6.07) is 14.6. The van der Waals surface area contributed by atoms with Gasteiger partial charge in [0.15, 0.2) is 6.10 Å². The highest BCUT2D eigenvalue weighted by molar-refractivity contribution is 5.77. The fourth-order valence-electron chi connectivity index (χ4n) is 3.32. The standard InChI is InChI=1S/C23H26N2O5.CH6N4.CH2O2/c1-3-21-24-19-8-6-5-7-18(19)22(26)25(21)13-14-30-17-11-9-16(10-12-17)15-20(23(27)28)29-4-2;2-1(3)5-4;2-1-3/h5-12,20H,3-4,13-15H2,1-2H3,(H,27,28);4H2,(H4,2,3,5);1H,(H,2,3). The number of aromatic nitrogens is 2. The molecule has 0 radical (unpaired) electrons. The lowest BCUT2D eigenvalue weighted by atomic mass is 10.1. The van der Waals surface area contributed by atoms with E-state index in [2.05, 4.69) is 15.9 Å². The summed E-state index contributed by atoms with van der Waals surface area (Å²) in [4.78, 5) is 37.0. The molecule has 206 valence electrons. The third-order valence-electron chi connectivity index (χ3n) is 4.98. The third-order valence-corrected chi connectivity index (χ3v) is 4.98. The van der Waals surface area contributed by atoms with Crippen LogP contribution in [0.3, 0.4) is 0 Å². The Labute approximate surface area is 219 Å². The van der Waals surface area contributed by atoms with Gasteiger partial charge in [0, 0.05) is 19.4 Å². The normalized spacial score (nSPS) is 10.7. The number of ether oxygens (including phenoxy) is 2. The number of hydrazone groups is 1. The highest BCUT2D eigenvalue weighted by atomic mass is 16.5. The number of benzene rings is 2. The highest BCUT2D eigenvalue weighted by Crippen LogP contribution is 2.15. The van der Waals surface area contributed by atoms with E-state index in [0.29, 0.717) is 49.3 Å². The van der Waals surface area contributed by atoms with Crippen molar-refractivity contribution in [3.63, 3.8) is 0 Å². The zero-order valence-corrected chi connectivity index (χ0v) is 21.3. The maximum absolute atomic E-state index is 12.8. The lowest BCUT2D eigenvalue weighted by Crippen LogP contribution is -2.27. The van der Waals surface area contributed by atoms with Gasteiger partial charge in [0.05, 0.1) is 17.4 Å². The van der Waals surface area contributed by atoms with E-state index in [1.807, 2.05) is 37.3 Å². The van der Waals surface area contributed by atoms with E-state index in [-0.39, 0.29) is 18.0 Å².